The van der Waals surface area contributed by atoms with Crippen molar-refractivity contribution in [2.24, 2.45) is 0 Å². The molecule has 0 radical (unpaired) electrons. The van der Waals surface area contributed by atoms with E-state index in [0.717, 1.165) is 18.9 Å². The van der Waals surface area contributed by atoms with Crippen LogP contribution in [0.25, 0.3) is 11.3 Å². The number of nitrogens with zero attached hydrogens (tertiary/aromatic N) is 1. The molecule has 1 aliphatic carbocycles. The maximum absolute atomic E-state index is 13.1. The second kappa shape index (κ2) is 3.84. The van der Waals surface area contributed by atoms with E-state index in [0.29, 0.717) is 23.1 Å². The smallest absolute Gasteiger partial charge is 0.148 e. The molecule has 0 atom stereocenters. The van der Waals surface area contributed by atoms with Crippen LogP contribution in [0.5, 0.6) is 0 Å². The lowest BCUT2D eigenvalue weighted by molar-refractivity contribution is 0.584. The number of rotatable bonds is 3. The van der Waals surface area contributed by atoms with Crippen molar-refractivity contribution in [3.05, 3.63) is 35.9 Å². The highest BCUT2D eigenvalue weighted by Gasteiger charge is 2.21. The minimum Gasteiger partial charge on any atom is -0.366 e. The van der Waals surface area contributed by atoms with Gasteiger partial charge in [-0.2, -0.15) is 5.10 Å². The summed E-state index contributed by atoms with van der Waals surface area (Å²) in [6.45, 7) is 0. The van der Waals surface area contributed by atoms with Crippen LogP contribution in [-0.2, 0) is 0 Å². The molecule has 0 bridgehead atoms. The summed E-state index contributed by atoms with van der Waals surface area (Å²) in [5.74, 6) is -0.468. The van der Waals surface area contributed by atoms with Crippen LogP contribution in [0.2, 0.25) is 0 Å². The third-order valence-electron chi connectivity index (χ3n) is 2.68. The molecule has 1 aromatic heterocycles. The van der Waals surface area contributed by atoms with Gasteiger partial charge in [0.1, 0.15) is 17.5 Å². The molecule has 17 heavy (non-hydrogen) atoms. The zero-order valence-corrected chi connectivity index (χ0v) is 9.00. The van der Waals surface area contributed by atoms with Crippen LogP contribution < -0.4 is 5.32 Å². The van der Waals surface area contributed by atoms with Gasteiger partial charge in [0.2, 0.25) is 0 Å². The van der Waals surface area contributed by atoms with Gasteiger partial charge in [-0.15, -0.1) is 0 Å². The van der Waals surface area contributed by atoms with Crippen LogP contribution >= 0.6 is 0 Å². The van der Waals surface area contributed by atoms with E-state index in [1.807, 2.05) is 0 Å². The zero-order chi connectivity index (χ0) is 11.8. The van der Waals surface area contributed by atoms with Crippen molar-refractivity contribution < 1.29 is 8.78 Å². The van der Waals surface area contributed by atoms with Crippen LogP contribution in [0.4, 0.5) is 14.6 Å². The van der Waals surface area contributed by atoms with Gasteiger partial charge in [-0.25, -0.2) is 8.78 Å². The second-order valence-corrected chi connectivity index (χ2v) is 4.24. The third kappa shape index (κ3) is 2.27. The van der Waals surface area contributed by atoms with Gasteiger partial charge in [-0.3, -0.25) is 5.10 Å². The fourth-order valence-corrected chi connectivity index (χ4v) is 1.69. The van der Waals surface area contributed by atoms with Gasteiger partial charge in [0.25, 0.3) is 0 Å². The van der Waals surface area contributed by atoms with Gasteiger partial charge in [-0.1, -0.05) is 0 Å². The molecular weight excluding hydrogens is 224 g/mol. The maximum Gasteiger partial charge on any atom is 0.148 e. The lowest BCUT2D eigenvalue weighted by atomic mass is 10.1. The predicted molar refractivity (Wildman–Crippen MR) is 60.6 cm³/mol. The highest BCUT2D eigenvalue weighted by Crippen LogP contribution is 2.26. The number of aromatic amines is 1. The van der Waals surface area contributed by atoms with Crippen LogP contribution in [0.1, 0.15) is 12.8 Å². The maximum atomic E-state index is 13.1. The molecule has 3 rings (SSSR count). The third-order valence-corrected chi connectivity index (χ3v) is 2.68. The number of nitrogens with one attached hydrogen (secondary N) is 2. The van der Waals surface area contributed by atoms with Crippen molar-refractivity contribution in [1.29, 1.82) is 0 Å². The summed E-state index contributed by atoms with van der Waals surface area (Å²) < 4.78 is 26.1. The standard InChI is InChI=1S/C12H11F2N3/c13-8-3-7(4-9(14)5-8)11-6-12(17-16-11)15-10-1-2-10/h3-6,10H,1-2H2,(H2,15,16,17). The van der Waals surface area contributed by atoms with Crippen LogP contribution in [0.3, 0.4) is 0 Å². The van der Waals surface area contributed by atoms with E-state index in [1.165, 1.54) is 12.1 Å². The molecule has 5 heteroatoms. The first kappa shape index (κ1) is 10.3. The van der Waals surface area contributed by atoms with Crippen molar-refractivity contribution in [2.45, 2.75) is 18.9 Å². The lowest BCUT2D eigenvalue weighted by Gasteiger charge is -1.98. The number of hydrogen-bond acceptors (Lipinski definition) is 2. The monoisotopic (exact) mass is 235 g/mol. The molecule has 88 valence electrons. The van der Waals surface area contributed by atoms with Crippen molar-refractivity contribution in [3.63, 3.8) is 0 Å². The Bertz CT molecular complexity index is 526. The Balaban J connectivity index is 1.88. The largest absolute Gasteiger partial charge is 0.366 e. The van der Waals surface area contributed by atoms with Crippen LogP contribution in [-0.4, -0.2) is 16.2 Å². The van der Waals surface area contributed by atoms with Gasteiger partial charge in [-0.05, 0) is 25.0 Å². The highest BCUT2D eigenvalue weighted by atomic mass is 19.1. The fourth-order valence-electron chi connectivity index (χ4n) is 1.69. The van der Waals surface area contributed by atoms with E-state index >= 15 is 0 Å². The summed E-state index contributed by atoms with van der Waals surface area (Å²) in [5, 5.41) is 10.0. The van der Waals surface area contributed by atoms with E-state index in [1.54, 1.807) is 6.07 Å². The molecule has 3 nitrogen and oxygen atoms in total. The van der Waals surface area contributed by atoms with Crippen LogP contribution in [0.15, 0.2) is 24.3 Å². The molecule has 0 spiro atoms. The molecule has 0 unspecified atom stereocenters. The number of aromatic nitrogens is 2. The first-order valence-electron chi connectivity index (χ1n) is 5.49. The molecule has 1 heterocycles. The van der Waals surface area contributed by atoms with Gasteiger partial charge in [0.15, 0.2) is 0 Å². The van der Waals surface area contributed by atoms with Gasteiger partial charge in [0, 0.05) is 23.7 Å². The molecule has 0 saturated heterocycles. The molecule has 0 aliphatic heterocycles. The Hall–Kier alpha value is -1.91. The number of halogens is 2. The van der Waals surface area contributed by atoms with Crippen molar-refractivity contribution in [2.75, 3.05) is 5.32 Å². The quantitative estimate of drug-likeness (QED) is 0.858. The second-order valence-electron chi connectivity index (χ2n) is 4.24. The predicted octanol–water partition coefficient (Wildman–Crippen LogP) is 2.93. The first-order chi connectivity index (χ1) is 8.20. The lowest BCUT2D eigenvalue weighted by Crippen LogP contribution is -2.00. The Morgan fingerprint density at radius 1 is 1.12 bits per heavy atom. The number of anilines is 1. The SMILES string of the molecule is Fc1cc(F)cc(-c2cc(NC3CC3)n[nH]2)c1. The number of H-pyrrole nitrogens is 1. The Labute approximate surface area is 96.9 Å². The zero-order valence-electron chi connectivity index (χ0n) is 9.00. The Morgan fingerprint density at radius 3 is 2.47 bits per heavy atom. The minimum absolute atomic E-state index is 0.457. The highest BCUT2D eigenvalue weighted by molar-refractivity contribution is 5.63. The topological polar surface area (TPSA) is 40.7 Å². The summed E-state index contributed by atoms with van der Waals surface area (Å²) in [7, 11) is 0. The van der Waals surface area contributed by atoms with Crippen molar-refractivity contribution in [3.8, 4) is 11.3 Å². The van der Waals surface area contributed by atoms with E-state index in [-0.39, 0.29) is 0 Å². The van der Waals surface area contributed by atoms with Crippen LogP contribution in [0, 0.1) is 11.6 Å². The Morgan fingerprint density at radius 2 is 1.82 bits per heavy atom. The van der Waals surface area contributed by atoms with Crippen molar-refractivity contribution >= 4 is 5.82 Å². The average Bonchev–Trinajstić information content (AvgIpc) is 2.93. The molecular formula is C12H11F2N3. The van der Waals surface area contributed by atoms with Crippen molar-refractivity contribution in [1.82, 2.24) is 10.2 Å². The summed E-state index contributed by atoms with van der Waals surface area (Å²) in [5.41, 5.74) is 1.06. The number of hydrogen-bond donors (Lipinski definition) is 2. The molecule has 1 aromatic carbocycles. The summed E-state index contributed by atoms with van der Waals surface area (Å²) >= 11 is 0. The molecule has 2 aromatic rings. The average molecular weight is 235 g/mol. The summed E-state index contributed by atoms with van der Waals surface area (Å²) in [4.78, 5) is 0. The van der Waals surface area contributed by atoms with Gasteiger partial charge < -0.3 is 5.32 Å². The van der Waals surface area contributed by atoms with Gasteiger partial charge >= 0.3 is 0 Å². The molecule has 2 N–H and O–H groups in total. The summed E-state index contributed by atoms with van der Waals surface area (Å²) in [6, 6.07) is 5.65. The van der Waals surface area contributed by atoms with E-state index in [4.69, 9.17) is 0 Å². The minimum atomic E-state index is -0.591. The molecule has 1 fully saturated rings. The van der Waals surface area contributed by atoms with Gasteiger partial charge in [0.05, 0.1) is 5.69 Å². The molecule has 1 saturated carbocycles. The molecule has 0 amide bonds. The van der Waals surface area contributed by atoms with E-state index < -0.39 is 11.6 Å². The Kier molecular flexibility index (Phi) is 2.31. The number of benzene rings is 1. The normalized spacial score (nSPS) is 14.9. The molecule has 1 aliphatic rings. The van der Waals surface area contributed by atoms with E-state index in [9.17, 15) is 8.78 Å². The summed E-state index contributed by atoms with van der Waals surface area (Å²) in [6.07, 6.45) is 2.30. The first-order valence-corrected chi connectivity index (χ1v) is 5.49. The van der Waals surface area contributed by atoms with E-state index in [2.05, 4.69) is 15.5 Å². The fraction of sp³-hybridized carbons (Fsp3) is 0.250.